The van der Waals surface area contributed by atoms with Crippen LogP contribution >= 0.6 is 15.9 Å². The van der Waals surface area contributed by atoms with Gasteiger partial charge in [0, 0.05) is 4.47 Å². The number of nitrogens with one attached hydrogen (secondary N) is 1. The van der Waals surface area contributed by atoms with Crippen LogP contribution in [0.1, 0.15) is 33.6 Å². The van der Waals surface area contributed by atoms with Crippen LogP contribution in [-0.2, 0) is 4.74 Å². The number of alkyl carbamates (subject to hydrolysis) is 1. The van der Waals surface area contributed by atoms with E-state index in [4.69, 9.17) is 9.47 Å². The number of benzene rings is 1. The monoisotopic (exact) mass is 341 g/mol. The van der Waals surface area contributed by atoms with E-state index in [1.54, 1.807) is 0 Å². The van der Waals surface area contributed by atoms with Gasteiger partial charge in [-0.15, -0.1) is 0 Å². The number of halogens is 1. The first kappa shape index (κ1) is 15.2. The summed E-state index contributed by atoms with van der Waals surface area (Å²) in [6, 6.07) is 7.65. The molecule has 0 bridgehead atoms. The fraction of sp³-hybridized carbons (Fsp3) is 0.533. The minimum Gasteiger partial charge on any atom is -0.491 e. The normalized spacial score (nSPS) is 16.4. The summed E-state index contributed by atoms with van der Waals surface area (Å²) in [4.78, 5) is 11.8. The first-order valence-electron chi connectivity index (χ1n) is 6.68. The molecule has 20 heavy (non-hydrogen) atoms. The van der Waals surface area contributed by atoms with Gasteiger partial charge in [-0.3, -0.25) is 0 Å². The molecule has 0 aromatic heterocycles. The predicted octanol–water partition coefficient (Wildman–Crippen LogP) is 3.89. The number of carbonyl (C=O) groups excluding carboxylic acids is 1. The number of carbonyl (C=O) groups is 1. The average molecular weight is 342 g/mol. The Balaban J connectivity index is 1.83. The van der Waals surface area contributed by atoms with Crippen LogP contribution in [0.25, 0.3) is 0 Å². The number of hydrogen-bond donors (Lipinski definition) is 1. The summed E-state index contributed by atoms with van der Waals surface area (Å²) >= 11 is 3.38. The van der Waals surface area contributed by atoms with Crippen LogP contribution in [0.15, 0.2) is 28.7 Å². The SMILES string of the molecule is CC(C)(C)OC(=O)NC1(COc2ccc(Br)cc2)CC1. The lowest BCUT2D eigenvalue weighted by Gasteiger charge is -2.23. The molecular weight excluding hydrogens is 322 g/mol. The zero-order valence-electron chi connectivity index (χ0n) is 12.0. The molecule has 1 N–H and O–H groups in total. The van der Waals surface area contributed by atoms with Crippen LogP contribution in [0.2, 0.25) is 0 Å². The predicted molar refractivity (Wildman–Crippen MR) is 81.0 cm³/mol. The van der Waals surface area contributed by atoms with Crippen molar-refractivity contribution in [2.75, 3.05) is 6.61 Å². The van der Waals surface area contributed by atoms with Crippen molar-refractivity contribution in [2.24, 2.45) is 0 Å². The molecule has 1 aliphatic carbocycles. The minimum atomic E-state index is -0.479. The quantitative estimate of drug-likeness (QED) is 0.903. The average Bonchev–Trinajstić information content (AvgIpc) is 3.06. The fourth-order valence-corrected chi connectivity index (χ4v) is 1.99. The van der Waals surface area contributed by atoms with Gasteiger partial charge in [0.2, 0.25) is 0 Å². The summed E-state index contributed by atoms with van der Waals surface area (Å²) < 4.78 is 12.0. The Morgan fingerprint density at radius 1 is 1.30 bits per heavy atom. The van der Waals surface area contributed by atoms with Gasteiger partial charge in [0.25, 0.3) is 0 Å². The lowest BCUT2D eigenvalue weighted by molar-refractivity contribution is 0.0477. The molecule has 0 aliphatic heterocycles. The largest absolute Gasteiger partial charge is 0.491 e. The second kappa shape index (κ2) is 5.64. The molecule has 0 unspecified atom stereocenters. The summed E-state index contributed by atoms with van der Waals surface area (Å²) in [6.07, 6.45) is 1.46. The van der Waals surface area contributed by atoms with E-state index in [-0.39, 0.29) is 11.6 Å². The van der Waals surface area contributed by atoms with Gasteiger partial charge in [-0.25, -0.2) is 4.79 Å². The molecule has 1 fully saturated rings. The molecule has 1 aromatic rings. The molecule has 0 radical (unpaired) electrons. The van der Waals surface area contributed by atoms with Crippen molar-refractivity contribution < 1.29 is 14.3 Å². The Kier molecular flexibility index (Phi) is 4.28. The Bertz CT molecular complexity index is 475. The maximum atomic E-state index is 11.8. The van der Waals surface area contributed by atoms with Crippen molar-refractivity contribution >= 4 is 22.0 Å². The third-order valence-corrected chi connectivity index (χ3v) is 3.48. The van der Waals surface area contributed by atoms with Crippen LogP contribution in [0.5, 0.6) is 5.75 Å². The summed E-state index contributed by atoms with van der Waals surface area (Å²) in [6.45, 7) is 6.02. The van der Waals surface area contributed by atoms with Crippen molar-refractivity contribution in [1.29, 1.82) is 0 Å². The van der Waals surface area contributed by atoms with E-state index in [9.17, 15) is 4.79 Å². The third-order valence-electron chi connectivity index (χ3n) is 2.95. The summed E-state index contributed by atoms with van der Waals surface area (Å²) in [5.74, 6) is 0.797. The van der Waals surface area contributed by atoms with Crippen LogP contribution in [-0.4, -0.2) is 23.8 Å². The van der Waals surface area contributed by atoms with Crippen LogP contribution in [0, 0.1) is 0 Å². The Morgan fingerprint density at radius 2 is 1.90 bits per heavy atom. The number of rotatable bonds is 4. The van der Waals surface area contributed by atoms with Gasteiger partial charge < -0.3 is 14.8 Å². The van der Waals surface area contributed by atoms with E-state index in [1.807, 2.05) is 45.0 Å². The second-order valence-electron chi connectivity index (χ2n) is 6.15. The first-order chi connectivity index (χ1) is 9.28. The van der Waals surface area contributed by atoms with Crippen LogP contribution < -0.4 is 10.1 Å². The standard InChI is InChI=1S/C15H20BrNO3/c1-14(2,3)20-13(18)17-15(8-9-15)10-19-12-6-4-11(16)5-7-12/h4-7H,8-10H2,1-3H3,(H,17,18). The number of amides is 1. The molecule has 1 saturated carbocycles. The van der Waals surface area contributed by atoms with Crippen molar-refractivity contribution in [3.63, 3.8) is 0 Å². The Morgan fingerprint density at radius 3 is 2.40 bits per heavy atom. The minimum absolute atomic E-state index is 0.268. The molecule has 4 nitrogen and oxygen atoms in total. The van der Waals surface area contributed by atoms with Crippen LogP contribution in [0.3, 0.4) is 0 Å². The molecule has 0 atom stereocenters. The lowest BCUT2D eigenvalue weighted by Crippen LogP contribution is -2.44. The van der Waals surface area contributed by atoms with Gasteiger partial charge in [-0.2, -0.15) is 0 Å². The molecule has 0 heterocycles. The third kappa shape index (κ3) is 4.71. The highest BCUT2D eigenvalue weighted by molar-refractivity contribution is 9.10. The zero-order valence-corrected chi connectivity index (χ0v) is 13.6. The topological polar surface area (TPSA) is 47.6 Å². The molecule has 2 rings (SSSR count). The highest BCUT2D eigenvalue weighted by Crippen LogP contribution is 2.36. The Labute approximate surface area is 128 Å². The van der Waals surface area contributed by atoms with E-state index in [0.717, 1.165) is 23.1 Å². The maximum Gasteiger partial charge on any atom is 0.408 e. The molecule has 110 valence electrons. The Hall–Kier alpha value is -1.23. The molecule has 5 heteroatoms. The van der Waals surface area contributed by atoms with Gasteiger partial charge in [-0.1, -0.05) is 15.9 Å². The van der Waals surface area contributed by atoms with Crippen molar-refractivity contribution in [3.8, 4) is 5.75 Å². The van der Waals surface area contributed by atoms with Gasteiger partial charge in [0.15, 0.2) is 0 Å². The summed E-state index contributed by atoms with van der Waals surface area (Å²) in [5, 5.41) is 2.91. The van der Waals surface area contributed by atoms with E-state index >= 15 is 0 Å². The molecular formula is C15H20BrNO3. The smallest absolute Gasteiger partial charge is 0.408 e. The van der Waals surface area contributed by atoms with Gasteiger partial charge in [-0.05, 0) is 57.9 Å². The van der Waals surface area contributed by atoms with E-state index in [1.165, 1.54) is 0 Å². The first-order valence-corrected chi connectivity index (χ1v) is 7.47. The van der Waals surface area contributed by atoms with Crippen molar-refractivity contribution in [3.05, 3.63) is 28.7 Å². The summed E-state index contributed by atoms with van der Waals surface area (Å²) in [7, 11) is 0. The van der Waals surface area contributed by atoms with Crippen LogP contribution in [0.4, 0.5) is 4.79 Å². The van der Waals surface area contributed by atoms with Crippen molar-refractivity contribution in [1.82, 2.24) is 5.32 Å². The molecule has 1 aliphatic rings. The number of ether oxygens (including phenoxy) is 2. The van der Waals surface area contributed by atoms with Gasteiger partial charge >= 0.3 is 6.09 Å². The molecule has 0 spiro atoms. The second-order valence-corrected chi connectivity index (χ2v) is 7.07. The lowest BCUT2D eigenvalue weighted by atomic mass is 10.2. The molecule has 1 aromatic carbocycles. The maximum absolute atomic E-state index is 11.8. The van der Waals surface area contributed by atoms with E-state index in [2.05, 4.69) is 21.2 Å². The zero-order chi connectivity index (χ0) is 14.8. The van der Waals surface area contributed by atoms with Crippen molar-refractivity contribution in [2.45, 2.75) is 44.8 Å². The fourth-order valence-electron chi connectivity index (χ4n) is 1.73. The molecule has 1 amide bonds. The molecule has 0 saturated heterocycles. The van der Waals surface area contributed by atoms with Gasteiger partial charge in [0.05, 0.1) is 5.54 Å². The summed E-state index contributed by atoms with van der Waals surface area (Å²) in [5.41, 5.74) is -0.748. The highest BCUT2D eigenvalue weighted by atomic mass is 79.9. The van der Waals surface area contributed by atoms with E-state index in [0.29, 0.717) is 6.61 Å². The number of hydrogen-bond acceptors (Lipinski definition) is 3. The van der Waals surface area contributed by atoms with E-state index < -0.39 is 5.60 Å². The van der Waals surface area contributed by atoms with Gasteiger partial charge in [0.1, 0.15) is 18.0 Å². The highest BCUT2D eigenvalue weighted by Gasteiger charge is 2.46.